The van der Waals surface area contributed by atoms with E-state index >= 15 is 0 Å². The van der Waals surface area contributed by atoms with E-state index in [1.165, 1.54) is 25.7 Å². The molecule has 2 saturated carbocycles. The zero-order valence-electron chi connectivity index (χ0n) is 12.9. The summed E-state index contributed by atoms with van der Waals surface area (Å²) in [4.78, 5) is 13.0. The molecule has 1 N–H and O–H groups in total. The first-order valence-electron chi connectivity index (χ1n) is 8.14. The van der Waals surface area contributed by atoms with Crippen molar-refractivity contribution < 1.29 is 14.6 Å². The Balaban J connectivity index is 1.81. The van der Waals surface area contributed by atoms with E-state index in [-0.39, 0.29) is 0 Å². The first kappa shape index (κ1) is 15.8. The van der Waals surface area contributed by atoms with E-state index in [2.05, 4.69) is 18.9 Å². The lowest BCUT2D eigenvalue weighted by atomic mass is 9.60. The minimum Gasteiger partial charge on any atom is -0.481 e. The fourth-order valence-electron chi connectivity index (χ4n) is 4.26. The molecular weight excluding hydrogens is 254 g/mol. The predicted molar refractivity (Wildman–Crippen MR) is 78.8 cm³/mol. The number of hydrogen-bond donors (Lipinski definition) is 1. The summed E-state index contributed by atoms with van der Waals surface area (Å²) in [6.45, 7) is 3.92. The minimum atomic E-state index is -0.681. The Bertz CT molecular complexity index is 326. The number of carboxylic acid groups (broad SMARTS) is 1. The Hall–Kier alpha value is -0.610. The van der Waals surface area contributed by atoms with Gasteiger partial charge in [-0.3, -0.25) is 4.79 Å². The van der Waals surface area contributed by atoms with Gasteiger partial charge in [0.2, 0.25) is 0 Å². The summed E-state index contributed by atoms with van der Waals surface area (Å²) in [5.41, 5.74) is 0.400. The Morgan fingerprint density at radius 2 is 2.05 bits per heavy atom. The van der Waals surface area contributed by atoms with Crippen LogP contribution in [0.5, 0.6) is 0 Å². The van der Waals surface area contributed by atoms with Gasteiger partial charge in [0.15, 0.2) is 0 Å². The molecule has 0 aromatic carbocycles. The van der Waals surface area contributed by atoms with Gasteiger partial charge in [-0.25, -0.2) is 0 Å². The summed E-state index contributed by atoms with van der Waals surface area (Å²) in [5, 5.41) is 8.68. The van der Waals surface area contributed by atoms with Crippen LogP contribution in [-0.4, -0.2) is 48.3 Å². The zero-order valence-corrected chi connectivity index (χ0v) is 12.9. The molecule has 0 heterocycles. The van der Waals surface area contributed by atoms with E-state index in [9.17, 15) is 4.79 Å². The third kappa shape index (κ3) is 3.17. The second-order valence-corrected chi connectivity index (χ2v) is 6.47. The van der Waals surface area contributed by atoms with Crippen LogP contribution in [0.15, 0.2) is 0 Å². The molecule has 2 atom stereocenters. The fraction of sp³-hybridized carbons (Fsp3) is 0.938. The second-order valence-electron chi connectivity index (χ2n) is 6.47. The van der Waals surface area contributed by atoms with E-state index in [1.807, 2.05) is 0 Å². The number of nitrogens with zero attached hydrogens (tertiary/aromatic N) is 1. The fourth-order valence-corrected chi connectivity index (χ4v) is 4.26. The minimum absolute atomic E-state index is 0.297. The average molecular weight is 283 g/mol. The molecular formula is C16H29NO3. The van der Waals surface area contributed by atoms with Gasteiger partial charge in [-0.1, -0.05) is 12.8 Å². The van der Waals surface area contributed by atoms with Gasteiger partial charge < -0.3 is 14.7 Å². The van der Waals surface area contributed by atoms with Gasteiger partial charge in [-0.15, -0.1) is 0 Å². The van der Waals surface area contributed by atoms with E-state index in [0.29, 0.717) is 24.0 Å². The highest BCUT2D eigenvalue weighted by Gasteiger charge is 2.57. The average Bonchev–Trinajstić information content (AvgIpc) is 2.91. The summed E-state index contributed by atoms with van der Waals surface area (Å²) in [7, 11) is 2.20. The number of ether oxygens (including phenoxy) is 1. The molecule has 2 aliphatic rings. The number of aliphatic carboxylic acids is 1. The SMILES string of the molecule is CCOC1CC(N(C)CCCCC(=O)O)C12CCCC2. The number of carbonyl (C=O) groups is 1. The van der Waals surface area contributed by atoms with Crippen molar-refractivity contribution in [2.24, 2.45) is 5.41 Å². The van der Waals surface area contributed by atoms with E-state index in [1.54, 1.807) is 0 Å². The molecule has 0 saturated heterocycles. The molecule has 0 bridgehead atoms. The van der Waals surface area contributed by atoms with Crippen LogP contribution in [0.1, 0.15) is 58.3 Å². The standard InChI is InChI=1S/C16H29NO3/c1-3-20-14-12-13(16(14)9-5-6-10-16)17(2)11-7-4-8-15(18)19/h13-14H,3-12H2,1-2H3,(H,18,19). The molecule has 0 aliphatic heterocycles. The summed E-state index contributed by atoms with van der Waals surface area (Å²) in [5.74, 6) is -0.681. The normalized spacial score (nSPS) is 27.9. The lowest BCUT2D eigenvalue weighted by molar-refractivity contribution is -0.160. The number of rotatable bonds is 8. The smallest absolute Gasteiger partial charge is 0.303 e. The molecule has 1 spiro atoms. The van der Waals surface area contributed by atoms with Gasteiger partial charge in [0.1, 0.15) is 0 Å². The molecule has 20 heavy (non-hydrogen) atoms. The molecule has 2 rings (SSSR count). The molecule has 0 aromatic heterocycles. The summed E-state index contributed by atoms with van der Waals surface area (Å²) >= 11 is 0. The molecule has 4 heteroatoms. The molecule has 2 unspecified atom stereocenters. The van der Waals surface area contributed by atoms with Crippen LogP contribution in [0.3, 0.4) is 0 Å². The number of unbranched alkanes of at least 4 members (excludes halogenated alkanes) is 1. The lowest BCUT2D eigenvalue weighted by Gasteiger charge is -2.57. The van der Waals surface area contributed by atoms with Gasteiger partial charge in [-0.05, 0) is 52.6 Å². The molecule has 2 aliphatic carbocycles. The molecule has 4 nitrogen and oxygen atoms in total. The highest BCUT2D eigenvalue weighted by atomic mass is 16.5. The quantitative estimate of drug-likeness (QED) is 0.696. The van der Waals surface area contributed by atoms with E-state index in [0.717, 1.165) is 32.4 Å². The highest BCUT2D eigenvalue weighted by molar-refractivity contribution is 5.66. The maximum Gasteiger partial charge on any atom is 0.303 e. The number of carboxylic acids is 1. The number of hydrogen-bond acceptors (Lipinski definition) is 3. The van der Waals surface area contributed by atoms with Crippen molar-refractivity contribution >= 4 is 5.97 Å². The van der Waals surface area contributed by atoms with E-state index in [4.69, 9.17) is 9.84 Å². The topological polar surface area (TPSA) is 49.8 Å². The Labute approximate surface area is 122 Å². The van der Waals surface area contributed by atoms with Crippen molar-refractivity contribution in [3.05, 3.63) is 0 Å². The van der Waals surface area contributed by atoms with Gasteiger partial charge in [0.05, 0.1) is 6.10 Å². The predicted octanol–water partition coefficient (Wildman–Crippen LogP) is 2.91. The Kier molecular flexibility index (Phi) is 5.44. The van der Waals surface area contributed by atoms with Crippen LogP contribution in [0.25, 0.3) is 0 Å². The molecule has 2 fully saturated rings. The summed E-state index contributed by atoms with van der Waals surface area (Å²) in [6, 6.07) is 0.645. The monoisotopic (exact) mass is 283 g/mol. The van der Waals surface area contributed by atoms with Gasteiger partial charge >= 0.3 is 5.97 Å². The zero-order chi connectivity index (χ0) is 14.6. The second kappa shape index (κ2) is 6.90. The summed E-state index contributed by atoms with van der Waals surface area (Å²) < 4.78 is 5.95. The van der Waals surface area contributed by atoms with Crippen molar-refractivity contribution in [3.63, 3.8) is 0 Å². The van der Waals surface area contributed by atoms with E-state index < -0.39 is 5.97 Å². The molecule has 0 amide bonds. The Morgan fingerprint density at radius 3 is 2.65 bits per heavy atom. The van der Waals surface area contributed by atoms with Crippen LogP contribution in [0.4, 0.5) is 0 Å². The van der Waals surface area contributed by atoms with Crippen LogP contribution in [0.2, 0.25) is 0 Å². The van der Waals surface area contributed by atoms with Crippen LogP contribution in [-0.2, 0) is 9.53 Å². The van der Waals surface area contributed by atoms with Crippen LogP contribution < -0.4 is 0 Å². The van der Waals surface area contributed by atoms with Crippen LogP contribution >= 0.6 is 0 Å². The van der Waals surface area contributed by atoms with Crippen LogP contribution in [0, 0.1) is 5.41 Å². The highest BCUT2D eigenvalue weighted by Crippen LogP contribution is 2.56. The largest absolute Gasteiger partial charge is 0.481 e. The van der Waals surface area contributed by atoms with Crippen molar-refractivity contribution in [2.45, 2.75) is 70.4 Å². The van der Waals surface area contributed by atoms with Gasteiger partial charge in [0, 0.05) is 24.5 Å². The molecule has 0 radical (unpaired) electrons. The van der Waals surface area contributed by atoms with Crippen molar-refractivity contribution in [1.29, 1.82) is 0 Å². The van der Waals surface area contributed by atoms with Gasteiger partial charge in [-0.2, -0.15) is 0 Å². The lowest BCUT2D eigenvalue weighted by Crippen LogP contribution is -2.63. The van der Waals surface area contributed by atoms with Crippen molar-refractivity contribution in [2.75, 3.05) is 20.2 Å². The molecule has 116 valence electrons. The summed E-state index contributed by atoms with van der Waals surface area (Å²) in [6.07, 6.45) is 8.97. The first-order valence-corrected chi connectivity index (χ1v) is 8.14. The molecule has 0 aromatic rings. The maximum absolute atomic E-state index is 10.5. The third-order valence-corrected chi connectivity index (χ3v) is 5.33. The van der Waals surface area contributed by atoms with Crippen molar-refractivity contribution in [3.8, 4) is 0 Å². The van der Waals surface area contributed by atoms with Gasteiger partial charge in [0.25, 0.3) is 0 Å². The maximum atomic E-state index is 10.5. The first-order chi connectivity index (χ1) is 9.60. The third-order valence-electron chi connectivity index (χ3n) is 5.33. The Morgan fingerprint density at radius 1 is 1.35 bits per heavy atom. The van der Waals surface area contributed by atoms with Crippen molar-refractivity contribution in [1.82, 2.24) is 4.90 Å².